The molecule has 0 aliphatic rings. The molecule has 0 bridgehead atoms. The normalized spacial score (nSPS) is 11.4. The zero-order valence-corrected chi connectivity index (χ0v) is 8.61. The van der Waals surface area contributed by atoms with Crippen LogP contribution in [0.25, 0.3) is 0 Å². The molecule has 14 heavy (non-hydrogen) atoms. The van der Waals surface area contributed by atoms with E-state index < -0.39 is 12.6 Å². The van der Waals surface area contributed by atoms with Gasteiger partial charge in [-0.1, -0.05) is 22.0 Å². The van der Waals surface area contributed by atoms with E-state index in [-0.39, 0.29) is 5.56 Å². The average molecular weight is 266 g/mol. The van der Waals surface area contributed by atoms with Crippen LogP contribution in [0.1, 0.15) is 11.1 Å². The number of hydrogen-bond acceptors (Lipinski definition) is 1. The van der Waals surface area contributed by atoms with Crippen LogP contribution < -0.4 is 0 Å². The predicted molar refractivity (Wildman–Crippen MR) is 51.8 cm³/mol. The van der Waals surface area contributed by atoms with E-state index in [9.17, 15) is 13.2 Å². The van der Waals surface area contributed by atoms with Crippen molar-refractivity contribution in [2.45, 2.75) is 12.6 Å². The highest BCUT2D eigenvalue weighted by Crippen LogP contribution is 2.26. The molecule has 0 aliphatic heterocycles. The minimum Gasteiger partial charge on any atom is -0.308 e. The summed E-state index contributed by atoms with van der Waals surface area (Å²) in [5.41, 5.74) is 0.617. The molecular weight excluding hydrogens is 259 g/mol. The molecule has 1 rings (SSSR count). The van der Waals surface area contributed by atoms with Gasteiger partial charge in [0.15, 0.2) is 0 Å². The molecule has 0 saturated heterocycles. The second kappa shape index (κ2) is 4.13. The molecule has 0 saturated carbocycles. The monoisotopic (exact) mass is 265 g/mol. The van der Waals surface area contributed by atoms with E-state index in [0.717, 1.165) is 6.21 Å². The van der Waals surface area contributed by atoms with E-state index in [2.05, 4.69) is 15.9 Å². The predicted octanol–water partition coefficient (Wildman–Crippen LogP) is 3.55. The Labute approximate surface area is 87.6 Å². The fourth-order valence-corrected chi connectivity index (χ4v) is 1.42. The molecule has 5 heteroatoms. The van der Waals surface area contributed by atoms with E-state index in [0.29, 0.717) is 10.0 Å². The van der Waals surface area contributed by atoms with E-state index in [4.69, 9.17) is 5.41 Å². The van der Waals surface area contributed by atoms with Crippen molar-refractivity contribution in [2.24, 2.45) is 0 Å². The lowest BCUT2D eigenvalue weighted by Gasteiger charge is -2.08. The van der Waals surface area contributed by atoms with E-state index in [1.54, 1.807) is 6.07 Å². The highest BCUT2D eigenvalue weighted by atomic mass is 79.9. The summed E-state index contributed by atoms with van der Waals surface area (Å²) < 4.78 is 36.7. The van der Waals surface area contributed by atoms with Gasteiger partial charge in [0.2, 0.25) is 0 Å². The Balaban J connectivity index is 3.01. The molecular formula is C9H7BrF3N. The van der Waals surface area contributed by atoms with Gasteiger partial charge >= 0.3 is 6.18 Å². The number of benzene rings is 1. The fourth-order valence-electron chi connectivity index (χ4n) is 1.04. The molecule has 1 nitrogen and oxygen atoms in total. The Morgan fingerprint density at radius 2 is 2.00 bits per heavy atom. The Morgan fingerprint density at radius 3 is 2.50 bits per heavy atom. The van der Waals surface area contributed by atoms with E-state index in [1.807, 2.05) is 0 Å². The molecule has 1 N–H and O–H groups in total. The van der Waals surface area contributed by atoms with Crippen LogP contribution in [-0.4, -0.2) is 12.4 Å². The Bertz CT molecular complexity index is 346. The van der Waals surface area contributed by atoms with Crippen molar-refractivity contribution in [2.75, 3.05) is 0 Å². The highest BCUT2D eigenvalue weighted by molar-refractivity contribution is 9.10. The quantitative estimate of drug-likeness (QED) is 0.791. The molecule has 0 aliphatic carbocycles. The van der Waals surface area contributed by atoms with Gasteiger partial charge in [-0.15, -0.1) is 0 Å². The lowest BCUT2D eigenvalue weighted by atomic mass is 10.1. The van der Waals surface area contributed by atoms with E-state index >= 15 is 0 Å². The Morgan fingerprint density at radius 1 is 1.36 bits per heavy atom. The molecule has 1 aromatic rings. The zero-order valence-electron chi connectivity index (χ0n) is 7.03. The van der Waals surface area contributed by atoms with E-state index in [1.165, 1.54) is 12.1 Å². The SMILES string of the molecule is N=Cc1ccc(Br)c(CC(F)(F)F)c1. The van der Waals surface area contributed by atoms with Crippen molar-refractivity contribution < 1.29 is 13.2 Å². The lowest BCUT2D eigenvalue weighted by Crippen LogP contribution is -2.12. The van der Waals surface area contributed by atoms with Crippen molar-refractivity contribution in [1.29, 1.82) is 5.41 Å². The van der Waals surface area contributed by atoms with Gasteiger partial charge in [0.1, 0.15) is 0 Å². The van der Waals surface area contributed by atoms with Crippen molar-refractivity contribution in [1.82, 2.24) is 0 Å². The van der Waals surface area contributed by atoms with Gasteiger partial charge in [-0.05, 0) is 23.3 Å². The number of nitrogens with one attached hydrogen (secondary N) is 1. The minimum atomic E-state index is -4.22. The molecule has 76 valence electrons. The summed E-state index contributed by atoms with van der Waals surface area (Å²) in [5.74, 6) is 0. The van der Waals surface area contributed by atoms with Crippen LogP contribution in [0.2, 0.25) is 0 Å². The topological polar surface area (TPSA) is 23.9 Å². The first-order chi connectivity index (χ1) is 6.42. The van der Waals surface area contributed by atoms with Crippen molar-refractivity contribution in [3.63, 3.8) is 0 Å². The van der Waals surface area contributed by atoms with Crippen LogP contribution in [0.5, 0.6) is 0 Å². The number of alkyl halides is 3. The second-order valence-corrected chi connectivity index (χ2v) is 3.64. The van der Waals surface area contributed by atoms with Crippen LogP contribution in [0.4, 0.5) is 13.2 Å². The van der Waals surface area contributed by atoms with Gasteiger partial charge in [0, 0.05) is 10.7 Å². The molecule has 0 fully saturated rings. The van der Waals surface area contributed by atoms with Crippen molar-refractivity contribution in [3.05, 3.63) is 33.8 Å². The summed E-state index contributed by atoms with van der Waals surface area (Å²) >= 11 is 3.04. The molecule has 0 amide bonds. The van der Waals surface area contributed by atoms with Gasteiger partial charge in [-0.2, -0.15) is 13.2 Å². The first-order valence-electron chi connectivity index (χ1n) is 3.78. The van der Waals surface area contributed by atoms with Gasteiger partial charge in [0.05, 0.1) is 6.42 Å². The molecule has 0 atom stereocenters. The first kappa shape index (κ1) is 11.2. The summed E-state index contributed by atoms with van der Waals surface area (Å²) in [4.78, 5) is 0. The summed E-state index contributed by atoms with van der Waals surface area (Å²) in [6, 6.07) is 4.45. The highest BCUT2D eigenvalue weighted by Gasteiger charge is 2.28. The maximum atomic E-state index is 12.1. The zero-order chi connectivity index (χ0) is 10.8. The first-order valence-corrected chi connectivity index (χ1v) is 4.57. The van der Waals surface area contributed by atoms with Gasteiger partial charge < -0.3 is 5.41 Å². The maximum Gasteiger partial charge on any atom is 0.393 e. The minimum absolute atomic E-state index is 0.151. The maximum absolute atomic E-state index is 12.1. The second-order valence-electron chi connectivity index (χ2n) is 2.79. The summed E-state index contributed by atoms with van der Waals surface area (Å²) in [7, 11) is 0. The third kappa shape index (κ3) is 3.14. The Hall–Kier alpha value is -0.840. The molecule has 0 spiro atoms. The summed E-state index contributed by atoms with van der Waals surface area (Å²) in [6.45, 7) is 0. The van der Waals surface area contributed by atoms with Crippen LogP contribution >= 0.6 is 15.9 Å². The fraction of sp³-hybridized carbons (Fsp3) is 0.222. The standard InChI is InChI=1S/C9H7BrF3N/c10-8-2-1-6(5-14)3-7(8)4-9(11,12)13/h1-3,5,14H,4H2. The van der Waals surface area contributed by atoms with Gasteiger partial charge in [0.25, 0.3) is 0 Å². The summed E-state index contributed by atoms with van der Waals surface area (Å²) in [5, 5.41) is 6.92. The lowest BCUT2D eigenvalue weighted by molar-refractivity contribution is -0.127. The average Bonchev–Trinajstić information content (AvgIpc) is 2.06. The van der Waals surface area contributed by atoms with Crippen LogP contribution in [0.3, 0.4) is 0 Å². The van der Waals surface area contributed by atoms with Gasteiger partial charge in [-0.3, -0.25) is 0 Å². The van der Waals surface area contributed by atoms with Gasteiger partial charge in [-0.25, -0.2) is 0 Å². The Kier molecular flexibility index (Phi) is 3.31. The summed E-state index contributed by atoms with van der Waals surface area (Å²) in [6.07, 6.45) is -4.18. The van der Waals surface area contributed by atoms with Crippen LogP contribution in [0.15, 0.2) is 22.7 Å². The smallest absolute Gasteiger partial charge is 0.308 e. The molecule has 0 unspecified atom stereocenters. The van der Waals surface area contributed by atoms with Crippen LogP contribution in [0, 0.1) is 5.41 Å². The number of rotatable bonds is 2. The van der Waals surface area contributed by atoms with Crippen molar-refractivity contribution >= 4 is 22.1 Å². The van der Waals surface area contributed by atoms with Crippen LogP contribution in [-0.2, 0) is 6.42 Å². The molecule has 0 heterocycles. The molecule has 0 aromatic heterocycles. The third-order valence-electron chi connectivity index (χ3n) is 1.63. The molecule has 1 aromatic carbocycles. The molecule has 0 radical (unpaired) electrons. The largest absolute Gasteiger partial charge is 0.393 e. The third-order valence-corrected chi connectivity index (χ3v) is 2.40. The number of halogens is 4. The van der Waals surface area contributed by atoms with Crippen molar-refractivity contribution in [3.8, 4) is 0 Å². The number of hydrogen-bond donors (Lipinski definition) is 1.